The molecule has 1 N–H and O–H groups in total. The Hall–Kier alpha value is -1.19. The largest absolute Gasteiger partial charge is 1.00 e. The van der Waals surface area contributed by atoms with Gasteiger partial charge in [-0.2, -0.15) is 0 Å². The maximum Gasteiger partial charge on any atom is 0.173 e. The van der Waals surface area contributed by atoms with Crippen molar-refractivity contribution in [2.75, 3.05) is 0 Å². The van der Waals surface area contributed by atoms with Gasteiger partial charge in [0.25, 0.3) is 0 Å². The summed E-state index contributed by atoms with van der Waals surface area (Å²) in [7, 11) is 0. The number of halogens is 1. The van der Waals surface area contributed by atoms with Crippen LogP contribution in [0.4, 0.5) is 0 Å². The van der Waals surface area contributed by atoms with Gasteiger partial charge in [0, 0.05) is 17.7 Å². The average Bonchev–Trinajstić information content (AvgIpc) is 2.31. The van der Waals surface area contributed by atoms with Crippen LogP contribution in [0.25, 0.3) is 0 Å². The summed E-state index contributed by atoms with van der Waals surface area (Å²) >= 11 is 0. The first-order chi connectivity index (χ1) is 7.38. The molecular weight excluding hydrogens is 266 g/mol. The van der Waals surface area contributed by atoms with Gasteiger partial charge in [-0.1, -0.05) is 30.3 Å². The summed E-state index contributed by atoms with van der Waals surface area (Å²) < 4.78 is 2.09. The third-order valence-electron chi connectivity index (χ3n) is 2.35. The van der Waals surface area contributed by atoms with E-state index >= 15 is 0 Å². The molecule has 0 aliphatic rings. The average molecular weight is 280 g/mol. The van der Waals surface area contributed by atoms with E-state index in [0.717, 1.165) is 12.1 Å². The zero-order chi connectivity index (χ0) is 10.5. The number of aromatic nitrogens is 1. The maximum atomic E-state index is 8.91. The van der Waals surface area contributed by atoms with Crippen molar-refractivity contribution >= 4 is 0 Å². The second-order valence-electron chi connectivity index (χ2n) is 3.52. The van der Waals surface area contributed by atoms with Gasteiger partial charge in [0.2, 0.25) is 0 Å². The molecule has 0 fully saturated rings. The molecule has 0 unspecified atom stereocenters. The second-order valence-corrected chi connectivity index (χ2v) is 3.52. The Morgan fingerprint density at radius 3 is 2.06 bits per heavy atom. The summed E-state index contributed by atoms with van der Waals surface area (Å²) in [5.41, 5.74) is 2.22. The van der Waals surface area contributed by atoms with Crippen LogP contribution in [0.2, 0.25) is 0 Å². The minimum Gasteiger partial charge on any atom is -1.00 e. The molecule has 1 aromatic heterocycles. The summed E-state index contributed by atoms with van der Waals surface area (Å²) in [6, 6.07) is 14.2. The number of aliphatic hydroxyl groups is 1. The van der Waals surface area contributed by atoms with Crippen LogP contribution in [0, 0.1) is 0 Å². The molecule has 0 saturated carbocycles. The lowest BCUT2D eigenvalue weighted by Gasteiger charge is -1.98. The van der Waals surface area contributed by atoms with E-state index < -0.39 is 0 Å². The monoisotopic (exact) mass is 279 g/mol. The van der Waals surface area contributed by atoms with Gasteiger partial charge in [-0.25, -0.2) is 4.57 Å². The quantitative estimate of drug-likeness (QED) is 0.681. The minimum absolute atomic E-state index is 0. The fourth-order valence-electron chi connectivity index (χ4n) is 1.49. The van der Waals surface area contributed by atoms with Crippen molar-refractivity contribution in [1.82, 2.24) is 0 Å². The molecule has 0 amide bonds. The highest BCUT2D eigenvalue weighted by atomic mass is 79.9. The Kier molecular flexibility index (Phi) is 5.15. The first-order valence-electron chi connectivity index (χ1n) is 5.01. The van der Waals surface area contributed by atoms with Gasteiger partial charge in [0.05, 0.1) is 6.61 Å². The molecule has 2 nitrogen and oxygen atoms in total. The van der Waals surface area contributed by atoms with Crippen LogP contribution in [0.3, 0.4) is 0 Å². The van der Waals surface area contributed by atoms with Crippen molar-refractivity contribution in [3.05, 3.63) is 66.0 Å². The van der Waals surface area contributed by atoms with E-state index in [0.29, 0.717) is 0 Å². The standard InChI is InChI=1S/C13H14NO.BrH/c15-11-13-6-8-14(9-7-13)10-12-4-2-1-3-5-12;/h1-9,15H,10-11H2;1H/q+1;/p-1. The number of aliphatic hydroxyl groups excluding tert-OH is 1. The van der Waals surface area contributed by atoms with E-state index in [1.54, 1.807) is 0 Å². The Labute approximate surface area is 106 Å². The SMILES string of the molecule is OCc1cc[n+](Cc2ccccc2)cc1.[Br-]. The molecule has 0 spiro atoms. The summed E-state index contributed by atoms with van der Waals surface area (Å²) in [6.45, 7) is 0.971. The molecule has 0 atom stereocenters. The molecule has 0 radical (unpaired) electrons. The lowest BCUT2D eigenvalue weighted by molar-refractivity contribution is -0.688. The van der Waals surface area contributed by atoms with E-state index in [1.165, 1.54) is 5.56 Å². The molecule has 1 aromatic carbocycles. The third kappa shape index (κ3) is 3.43. The summed E-state index contributed by atoms with van der Waals surface area (Å²) in [5.74, 6) is 0. The van der Waals surface area contributed by atoms with Gasteiger partial charge in [0.1, 0.15) is 0 Å². The third-order valence-corrected chi connectivity index (χ3v) is 2.35. The van der Waals surface area contributed by atoms with Crippen molar-refractivity contribution < 1.29 is 26.7 Å². The van der Waals surface area contributed by atoms with Gasteiger partial charge >= 0.3 is 0 Å². The number of nitrogens with zero attached hydrogens (tertiary/aromatic N) is 1. The van der Waals surface area contributed by atoms with Gasteiger partial charge in [-0.05, 0) is 5.56 Å². The Morgan fingerprint density at radius 2 is 1.50 bits per heavy atom. The molecule has 0 saturated heterocycles. The molecule has 2 rings (SSSR count). The molecule has 1 heterocycles. The number of rotatable bonds is 3. The van der Waals surface area contributed by atoms with Crippen molar-refractivity contribution in [3.63, 3.8) is 0 Å². The number of hydrogen-bond donors (Lipinski definition) is 1. The fourth-order valence-corrected chi connectivity index (χ4v) is 1.49. The lowest BCUT2D eigenvalue weighted by atomic mass is 10.2. The van der Waals surface area contributed by atoms with Crippen LogP contribution in [0.5, 0.6) is 0 Å². The zero-order valence-electron chi connectivity index (χ0n) is 8.88. The van der Waals surface area contributed by atoms with Crippen molar-refractivity contribution in [2.24, 2.45) is 0 Å². The molecule has 0 bridgehead atoms. The van der Waals surface area contributed by atoms with Crippen molar-refractivity contribution in [2.45, 2.75) is 13.2 Å². The smallest absolute Gasteiger partial charge is 0.173 e. The van der Waals surface area contributed by atoms with Crippen molar-refractivity contribution in [3.8, 4) is 0 Å². The first-order valence-corrected chi connectivity index (χ1v) is 5.01. The number of pyridine rings is 1. The van der Waals surface area contributed by atoms with Gasteiger partial charge in [0.15, 0.2) is 18.9 Å². The molecule has 3 heteroatoms. The highest BCUT2D eigenvalue weighted by Crippen LogP contribution is 1.98. The summed E-state index contributed by atoms with van der Waals surface area (Å²) in [5, 5.41) is 8.91. The Morgan fingerprint density at radius 1 is 0.875 bits per heavy atom. The summed E-state index contributed by atoms with van der Waals surface area (Å²) in [4.78, 5) is 0. The van der Waals surface area contributed by atoms with Crippen LogP contribution in [-0.2, 0) is 13.2 Å². The highest BCUT2D eigenvalue weighted by Gasteiger charge is 2.01. The van der Waals surface area contributed by atoms with E-state index in [9.17, 15) is 0 Å². The molecule has 0 aliphatic heterocycles. The lowest BCUT2D eigenvalue weighted by Crippen LogP contribution is -3.00. The van der Waals surface area contributed by atoms with E-state index in [1.807, 2.05) is 42.7 Å². The summed E-state index contributed by atoms with van der Waals surface area (Å²) in [6.07, 6.45) is 3.97. The maximum absolute atomic E-state index is 8.91. The zero-order valence-corrected chi connectivity index (χ0v) is 10.5. The number of benzene rings is 1. The van der Waals surface area contributed by atoms with Gasteiger partial charge < -0.3 is 22.1 Å². The first kappa shape index (κ1) is 12.9. The van der Waals surface area contributed by atoms with E-state index in [-0.39, 0.29) is 23.6 Å². The second kappa shape index (κ2) is 6.40. The van der Waals surface area contributed by atoms with Gasteiger partial charge in [-0.15, -0.1) is 0 Å². The predicted molar refractivity (Wildman–Crippen MR) is 58.1 cm³/mol. The van der Waals surface area contributed by atoms with Crippen LogP contribution in [0.15, 0.2) is 54.9 Å². The van der Waals surface area contributed by atoms with Gasteiger partial charge in [-0.3, -0.25) is 0 Å². The van der Waals surface area contributed by atoms with Crippen LogP contribution in [-0.4, -0.2) is 5.11 Å². The van der Waals surface area contributed by atoms with Crippen molar-refractivity contribution in [1.29, 1.82) is 0 Å². The van der Waals surface area contributed by atoms with Crippen LogP contribution < -0.4 is 21.5 Å². The highest BCUT2D eigenvalue weighted by molar-refractivity contribution is 5.13. The Bertz CT molecular complexity index is 414. The molecule has 0 aliphatic carbocycles. The van der Waals surface area contributed by atoms with Crippen LogP contribution in [0.1, 0.15) is 11.1 Å². The molecule has 84 valence electrons. The molecule has 2 aromatic rings. The normalized spacial score (nSPS) is 9.56. The van der Waals surface area contributed by atoms with E-state index in [2.05, 4.69) is 16.7 Å². The fraction of sp³-hybridized carbons (Fsp3) is 0.154. The molecular formula is C13H14BrNO. The Balaban J connectivity index is 0.00000128. The van der Waals surface area contributed by atoms with Crippen LogP contribution >= 0.6 is 0 Å². The minimum atomic E-state index is 0. The topological polar surface area (TPSA) is 24.1 Å². The number of hydrogen-bond acceptors (Lipinski definition) is 1. The predicted octanol–water partition coefficient (Wildman–Crippen LogP) is -1.48. The molecule has 16 heavy (non-hydrogen) atoms. The van der Waals surface area contributed by atoms with E-state index in [4.69, 9.17) is 5.11 Å².